The normalized spacial score (nSPS) is 30.3. The Morgan fingerprint density at radius 2 is 2.28 bits per heavy atom. The fourth-order valence-electron chi connectivity index (χ4n) is 4.78. The number of carbonyl (C=O) groups excluding carboxylic acids is 1. The van der Waals surface area contributed by atoms with Crippen molar-refractivity contribution in [2.45, 2.75) is 43.9 Å². The molecular formula is C20H21BrN4O3S. The standard InChI is InChI=1S/C20H21BrN4O3S/c1-10-13(8-23-28-10)18(26)24-12-3-5-17-15(7-12)20(9-29-19(22)25-20)14-6-11(21)2-4-16(14)27-17/h2,4,6,8,12,15,17H,3,5,7,9H2,1H3,(H2,22,25)(H,24,26)/t12?,15-,17-,20?/m0/s1. The van der Waals surface area contributed by atoms with Crippen LogP contribution in [0.4, 0.5) is 0 Å². The van der Waals surface area contributed by atoms with Crippen molar-refractivity contribution >= 4 is 38.8 Å². The zero-order chi connectivity index (χ0) is 20.2. The number of hydrogen-bond acceptors (Lipinski definition) is 7. The average molecular weight is 477 g/mol. The van der Waals surface area contributed by atoms with E-state index in [0.29, 0.717) is 16.5 Å². The molecule has 1 amide bonds. The molecule has 9 heteroatoms. The van der Waals surface area contributed by atoms with Gasteiger partial charge in [0.05, 0.1) is 6.20 Å². The van der Waals surface area contributed by atoms with E-state index in [2.05, 4.69) is 32.5 Å². The number of thioether (sulfide) groups is 1. The van der Waals surface area contributed by atoms with E-state index in [0.717, 1.165) is 40.8 Å². The molecule has 1 fully saturated rings. The molecule has 2 aromatic rings. The highest BCUT2D eigenvalue weighted by molar-refractivity contribution is 9.10. The van der Waals surface area contributed by atoms with E-state index in [1.54, 1.807) is 18.7 Å². The van der Waals surface area contributed by atoms with Gasteiger partial charge in [-0.05, 0) is 44.4 Å². The number of nitrogens with two attached hydrogens (primary N) is 1. The highest BCUT2D eigenvalue weighted by Crippen LogP contribution is 2.54. The fourth-order valence-corrected chi connectivity index (χ4v) is 6.17. The molecule has 3 N–H and O–H groups in total. The third-order valence-corrected chi connectivity index (χ3v) is 7.63. The molecule has 29 heavy (non-hydrogen) atoms. The molecule has 1 spiro atoms. The Bertz CT molecular complexity index is 1010. The van der Waals surface area contributed by atoms with Crippen molar-refractivity contribution in [1.29, 1.82) is 0 Å². The molecule has 3 aliphatic rings. The zero-order valence-electron chi connectivity index (χ0n) is 15.9. The minimum Gasteiger partial charge on any atom is -0.490 e. The topological polar surface area (TPSA) is 103 Å². The molecule has 0 bridgehead atoms. The van der Waals surface area contributed by atoms with Crippen LogP contribution in [-0.2, 0) is 5.54 Å². The first kappa shape index (κ1) is 19.0. The first-order chi connectivity index (χ1) is 14.0. The molecule has 1 aliphatic carbocycles. The molecule has 1 saturated carbocycles. The van der Waals surface area contributed by atoms with Gasteiger partial charge in [0.25, 0.3) is 5.91 Å². The van der Waals surface area contributed by atoms with Crippen LogP contribution in [0.25, 0.3) is 0 Å². The number of nitrogens with one attached hydrogen (secondary N) is 1. The number of aryl methyl sites for hydroxylation is 1. The van der Waals surface area contributed by atoms with Crippen LogP contribution in [0.15, 0.2) is 38.4 Å². The number of aliphatic imine (C=N–C) groups is 1. The molecule has 0 radical (unpaired) electrons. The van der Waals surface area contributed by atoms with E-state index in [4.69, 9.17) is 20.0 Å². The Kier molecular flexibility index (Phi) is 4.62. The van der Waals surface area contributed by atoms with E-state index in [1.807, 2.05) is 12.1 Å². The summed E-state index contributed by atoms with van der Waals surface area (Å²) in [6.07, 6.45) is 4.02. The second-order valence-electron chi connectivity index (χ2n) is 7.85. The molecule has 2 unspecified atom stereocenters. The number of hydrogen-bond donors (Lipinski definition) is 2. The number of carbonyl (C=O) groups is 1. The van der Waals surface area contributed by atoms with E-state index in [9.17, 15) is 4.79 Å². The molecule has 7 nitrogen and oxygen atoms in total. The summed E-state index contributed by atoms with van der Waals surface area (Å²) in [4.78, 5) is 17.6. The minimum absolute atomic E-state index is 0.0363. The van der Waals surface area contributed by atoms with Crippen LogP contribution in [0.2, 0.25) is 0 Å². The summed E-state index contributed by atoms with van der Waals surface area (Å²) in [6, 6.07) is 6.13. The van der Waals surface area contributed by atoms with Gasteiger partial charge in [0.1, 0.15) is 28.7 Å². The van der Waals surface area contributed by atoms with Crippen LogP contribution in [0.3, 0.4) is 0 Å². The largest absolute Gasteiger partial charge is 0.490 e. The van der Waals surface area contributed by atoms with Gasteiger partial charge in [-0.2, -0.15) is 0 Å². The van der Waals surface area contributed by atoms with Crippen LogP contribution in [0.5, 0.6) is 5.75 Å². The van der Waals surface area contributed by atoms with Crippen LogP contribution < -0.4 is 15.8 Å². The van der Waals surface area contributed by atoms with Crippen molar-refractivity contribution in [1.82, 2.24) is 10.5 Å². The predicted octanol–water partition coefficient (Wildman–Crippen LogP) is 3.36. The average Bonchev–Trinajstić information content (AvgIpc) is 3.30. The molecule has 3 heterocycles. The summed E-state index contributed by atoms with van der Waals surface area (Å²) in [5.74, 6) is 2.19. The number of aromatic nitrogens is 1. The van der Waals surface area contributed by atoms with Crippen LogP contribution in [-0.4, -0.2) is 34.1 Å². The van der Waals surface area contributed by atoms with Crippen LogP contribution in [0.1, 0.15) is 40.9 Å². The second-order valence-corrected chi connectivity index (χ2v) is 9.76. The third kappa shape index (κ3) is 3.15. The molecule has 5 rings (SSSR count). The van der Waals surface area contributed by atoms with Gasteiger partial charge in [0, 0.05) is 27.7 Å². The first-order valence-electron chi connectivity index (χ1n) is 9.63. The van der Waals surface area contributed by atoms with E-state index in [1.165, 1.54) is 6.20 Å². The summed E-state index contributed by atoms with van der Waals surface area (Å²) < 4.78 is 12.4. The number of nitrogens with zero attached hydrogens (tertiary/aromatic N) is 2. The van der Waals surface area contributed by atoms with Crippen molar-refractivity contribution in [3.63, 3.8) is 0 Å². The fraction of sp³-hybridized carbons (Fsp3) is 0.450. The number of fused-ring (bicyclic) bond motifs is 4. The van der Waals surface area contributed by atoms with Crippen molar-refractivity contribution in [2.24, 2.45) is 16.6 Å². The van der Waals surface area contributed by atoms with Crippen LogP contribution >= 0.6 is 27.7 Å². The van der Waals surface area contributed by atoms with Gasteiger partial charge in [0.2, 0.25) is 0 Å². The maximum Gasteiger partial charge on any atom is 0.256 e. The number of halogens is 1. The van der Waals surface area contributed by atoms with Crippen molar-refractivity contribution in [3.8, 4) is 5.75 Å². The lowest BCUT2D eigenvalue weighted by atomic mass is 9.67. The molecule has 4 atom stereocenters. The molecule has 152 valence electrons. The quantitative estimate of drug-likeness (QED) is 0.688. The predicted molar refractivity (Wildman–Crippen MR) is 114 cm³/mol. The Morgan fingerprint density at radius 3 is 3.00 bits per heavy atom. The van der Waals surface area contributed by atoms with Crippen molar-refractivity contribution in [3.05, 3.63) is 45.8 Å². The summed E-state index contributed by atoms with van der Waals surface area (Å²) in [6.45, 7) is 1.74. The number of rotatable bonds is 2. The van der Waals surface area contributed by atoms with Crippen LogP contribution in [0, 0.1) is 12.8 Å². The SMILES string of the molecule is Cc1oncc1C(=O)NC1CC[C@@H]2Oc3ccc(Br)cc3C3(CSC(N)=N3)[C@H]2C1. The summed E-state index contributed by atoms with van der Waals surface area (Å²) in [5.41, 5.74) is 7.26. The van der Waals surface area contributed by atoms with Crippen molar-refractivity contribution in [2.75, 3.05) is 5.75 Å². The van der Waals surface area contributed by atoms with Gasteiger partial charge in [-0.1, -0.05) is 32.8 Å². The van der Waals surface area contributed by atoms with E-state index < -0.39 is 5.54 Å². The molecule has 1 aromatic carbocycles. The van der Waals surface area contributed by atoms with E-state index >= 15 is 0 Å². The van der Waals surface area contributed by atoms with Gasteiger partial charge in [-0.15, -0.1) is 0 Å². The summed E-state index contributed by atoms with van der Waals surface area (Å²) in [7, 11) is 0. The lowest BCUT2D eigenvalue weighted by Gasteiger charge is -2.48. The van der Waals surface area contributed by atoms with E-state index in [-0.39, 0.29) is 24.0 Å². The Morgan fingerprint density at radius 1 is 1.41 bits per heavy atom. The second kappa shape index (κ2) is 7.05. The van der Waals surface area contributed by atoms with Gasteiger partial charge in [-0.25, -0.2) is 4.99 Å². The summed E-state index contributed by atoms with van der Waals surface area (Å²) >= 11 is 5.18. The van der Waals surface area contributed by atoms with Gasteiger partial charge in [0.15, 0.2) is 5.17 Å². The summed E-state index contributed by atoms with van der Waals surface area (Å²) in [5, 5.41) is 7.48. The number of amides is 1. The monoisotopic (exact) mass is 476 g/mol. The highest BCUT2D eigenvalue weighted by atomic mass is 79.9. The lowest BCUT2D eigenvalue weighted by Crippen LogP contribution is -2.54. The highest BCUT2D eigenvalue weighted by Gasteiger charge is 2.54. The Labute approximate surface area is 181 Å². The van der Waals surface area contributed by atoms with Crippen molar-refractivity contribution < 1.29 is 14.1 Å². The maximum absolute atomic E-state index is 12.7. The Balaban J connectivity index is 1.45. The van der Waals surface area contributed by atoms with Gasteiger partial charge in [-0.3, -0.25) is 4.79 Å². The molecular weight excluding hydrogens is 456 g/mol. The molecule has 1 aromatic heterocycles. The molecule has 2 aliphatic heterocycles. The minimum atomic E-state index is -0.423. The number of ether oxygens (including phenoxy) is 1. The molecule has 0 saturated heterocycles. The lowest BCUT2D eigenvalue weighted by molar-refractivity contribution is 0.0155. The number of benzene rings is 1. The Hall–Kier alpha value is -2.00. The maximum atomic E-state index is 12.7. The third-order valence-electron chi connectivity index (χ3n) is 6.17. The number of amidine groups is 1. The zero-order valence-corrected chi connectivity index (χ0v) is 18.3. The van der Waals surface area contributed by atoms with Gasteiger partial charge >= 0.3 is 0 Å². The first-order valence-corrected chi connectivity index (χ1v) is 11.4. The smallest absolute Gasteiger partial charge is 0.256 e. The van der Waals surface area contributed by atoms with Gasteiger partial charge < -0.3 is 20.3 Å².